The smallest absolute Gasteiger partial charge is 0.262 e. The fraction of sp³-hybridized carbons (Fsp3) is 0.250. The first kappa shape index (κ1) is 18.9. The summed E-state index contributed by atoms with van der Waals surface area (Å²) in [6.45, 7) is 3.89. The molecule has 0 aliphatic heterocycles. The highest BCUT2D eigenvalue weighted by Crippen LogP contribution is 2.23. The quantitative estimate of drug-likeness (QED) is 0.649. The van der Waals surface area contributed by atoms with E-state index in [1.165, 1.54) is 0 Å². The van der Waals surface area contributed by atoms with Gasteiger partial charge < -0.3 is 14.6 Å². The zero-order valence-electron chi connectivity index (χ0n) is 15.1. The molecule has 2 aromatic carbocycles. The number of halogens is 1. The summed E-state index contributed by atoms with van der Waals surface area (Å²) in [5, 5.41) is 7.23. The minimum atomic E-state index is -0.262. The zero-order chi connectivity index (χ0) is 19.2. The largest absolute Gasteiger partial charge is 0.482 e. The Morgan fingerprint density at radius 2 is 1.93 bits per heavy atom. The van der Waals surface area contributed by atoms with Crippen LogP contribution in [0.15, 0.2) is 53.1 Å². The molecule has 3 rings (SSSR count). The van der Waals surface area contributed by atoms with Gasteiger partial charge in [0.2, 0.25) is 5.89 Å². The molecule has 0 spiro atoms. The second-order valence-corrected chi connectivity index (χ2v) is 6.75. The van der Waals surface area contributed by atoms with Gasteiger partial charge in [-0.25, -0.2) is 0 Å². The van der Waals surface area contributed by atoms with Crippen LogP contribution in [0.1, 0.15) is 37.0 Å². The third kappa shape index (κ3) is 5.31. The number of nitrogens with zero attached hydrogens (tertiary/aromatic N) is 2. The minimum absolute atomic E-state index is 0.119. The minimum Gasteiger partial charge on any atom is -0.482 e. The summed E-state index contributed by atoms with van der Waals surface area (Å²) >= 11 is 6.00. The Hall–Kier alpha value is -2.86. The summed E-state index contributed by atoms with van der Waals surface area (Å²) in [6.07, 6.45) is 0.570. The third-order valence-electron chi connectivity index (χ3n) is 3.77. The molecule has 140 valence electrons. The molecular formula is C20H20ClN3O3. The van der Waals surface area contributed by atoms with E-state index in [4.69, 9.17) is 20.9 Å². The van der Waals surface area contributed by atoms with Crippen molar-refractivity contribution in [1.82, 2.24) is 10.1 Å². The van der Waals surface area contributed by atoms with Crippen LogP contribution >= 0.6 is 11.6 Å². The molecule has 0 radical (unpaired) electrons. The van der Waals surface area contributed by atoms with Crippen LogP contribution in [0.2, 0.25) is 5.02 Å². The topological polar surface area (TPSA) is 77.2 Å². The predicted octanol–water partition coefficient (Wildman–Crippen LogP) is 4.45. The molecule has 0 saturated carbocycles. The molecule has 0 aliphatic rings. The highest BCUT2D eigenvalue weighted by molar-refractivity contribution is 6.32. The maximum atomic E-state index is 12.0. The second kappa shape index (κ2) is 8.68. The zero-order valence-corrected chi connectivity index (χ0v) is 15.9. The van der Waals surface area contributed by atoms with Crippen LogP contribution in [0.4, 0.5) is 5.69 Å². The fourth-order valence-corrected chi connectivity index (χ4v) is 2.55. The van der Waals surface area contributed by atoms with E-state index >= 15 is 0 Å². The fourth-order valence-electron chi connectivity index (χ4n) is 2.36. The van der Waals surface area contributed by atoms with Crippen molar-refractivity contribution in [3.8, 4) is 5.75 Å². The van der Waals surface area contributed by atoms with Gasteiger partial charge in [-0.3, -0.25) is 4.79 Å². The number of benzene rings is 2. The molecule has 0 atom stereocenters. The Labute approximate surface area is 162 Å². The van der Waals surface area contributed by atoms with Crippen molar-refractivity contribution in [3.05, 3.63) is 70.8 Å². The average molecular weight is 386 g/mol. The van der Waals surface area contributed by atoms with Gasteiger partial charge in [0.05, 0.1) is 5.02 Å². The van der Waals surface area contributed by atoms with Gasteiger partial charge in [0.1, 0.15) is 5.75 Å². The number of para-hydroxylation sites is 1. The van der Waals surface area contributed by atoms with Gasteiger partial charge in [-0.1, -0.05) is 54.9 Å². The van der Waals surface area contributed by atoms with Crippen molar-refractivity contribution >= 4 is 23.2 Å². The van der Waals surface area contributed by atoms with Crippen molar-refractivity contribution in [1.29, 1.82) is 0 Å². The maximum Gasteiger partial charge on any atom is 0.262 e. The molecule has 1 aromatic heterocycles. The molecule has 0 fully saturated rings. The van der Waals surface area contributed by atoms with E-state index in [1.807, 2.05) is 38.1 Å². The van der Waals surface area contributed by atoms with Crippen molar-refractivity contribution in [2.45, 2.75) is 26.2 Å². The van der Waals surface area contributed by atoms with Crippen LogP contribution in [0.3, 0.4) is 0 Å². The first-order valence-corrected chi connectivity index (χ1v) is 8.97. The number of nitrogens with one attached hydrogen (secondary N) is 1. The number of hydrogen-bond donors (Lipinski definition) is 1. The first-order chi connectivity index (χ1) is 13.0. The van der Waals surface area contributed by atoms with Gasteiger partial charge >= 0.3 is 0 Å². The van der Waals surface area contributed by atoms with E-state index in [-0.39, 0.29) is 18.4 Å². The van der Waals surface area contributed by atoms with E-state index in [0.717, 1.165) is 5.56 Å². The van der Waals surface area contributed by atoms with Gasteiger partial charge in [-0.2, -0.15) is 4.98 Å². The van der Waals surface area contributed by atoms with E-state index in [0.29, 0.717) is 34.6 Å². The van der Waals surface area contributed by atoms with Crippen LogP contribution < -0.4 is 10.1 Å². The highest BCUT2D eigenvalue weighted by Gasteiger charge is 2.11. The number of carbonyl (C=O) groups is 1. The summed E-state index contributed by atoms with van der Waals surface area (Å²) < 4.78 is 10.6. The summed E-state index contributed by atoms with van der Waals surface area (Å²) in [5.41, 5.74) is 1.71. The number of rotatable bonds is 7. The van der Waals surface area contributed by atoms with Gasteiger partial charge in [0.25, 0.3) is 5.91 Å². The standard InChI is InChI=1S/C20H20ClN3O3/c1-13(2)20-23-18(24-27-20)11-14-7-9-15(10-8-14)22-19(25)12-26-17-6-4-3-5-16(17)21/h3-10,13H,11-12H2,1-2H3,(H,22,25). The van der Waals surface area contributed by atoms with Crippen LogP contribution in [-0.4, -0.2) is 22.7 Å². The van der Waals surface area contributed by atoms with E-state index in [1.54, 1.807) is 24.3 Å². The van der Waals surface area contributed by atoms with Crippen LogP contribution in [0, 0.1) is 0 Å². The number of aromatic nitrogens is 2. The van der Waals surface area contributed by atoms with Gasteiger partial charge in [-0.05, 0) is 29.8 Å². The van der Waals surface area contributed by atoms with Gasteiger partial charge in [0, 0.05) is 18.0 Å². The molecule has 1 heterocycles. The summed E-state index contributed by atoms with van der Waals surface area (Å²) in [6, 6.07) is 14.5. The van der Waals surface area contributed by atoms with Crippen molar-refractivity contribution in [2.75, 3.05) is 11.9 Å². The Bertz CT molecular complexity index is 907. The molecule has 0 bridgehead atoms. The summed E-state index contributed by atoms with van der Waals surface area (Å²) in [7, 11) is 0. The number of ether oxygens (including phenoxy) is 1. The van der Waals surface area contributed by atoms with Crippen LogP contribution in [0.5, 0.6) is 5.75 Å². The van der Waals surface area contributed by atoms with Crippen molar-refractivity contribution in [2.24, 2.45) is 0 Å². The molecule has 1 N–H and O–H groups in total. The normalized spacial score (nSPS) is 10.8. The molecule has 0 aliphatic carbocycles. The van der Waals surface area contributed by atoms with E-state index in [2.05, 4.69) is 15.5 Å². The van der Waals surface area contributed by atoms with Crippen LogP contribution in [0.25, 0.3) is 0 Å². The van der Waals surface area contributed by atoms with Gasteiger partial charge in [0.15, 0.2) is 12.4 Å². The lowest BCUT2D eigenvalue weighted by molar-refractivity contribution is -0.118. The Kier molecular flexibility index (Phi) is 6.08. The number of amides is 1. The SMILES string of the molecule is CC(C)c1nc(Cc2ccc(NC(=O)COc3ccccc3Cl)cc2)no1. The molecule has 7 heteroatoms. The first-order valence-electron chi connectivity index (χ1n) is 8.60. The lowest BCUT2D eigenvalue weighted by Crippen LogP contribution is -2.20. The average Bonchev–Trinajstić information content (AvgIpc) is 3.12. The van der Waals surface area contributed by atoms with E-state index in [9.17, 15) is 4.79 Å². The summed E-state index contributed by atoms with van der Waals surface area (Å²) in [5.74, 6) is 1.70. The Morgan fingerprint density at radius 1 is 1.19 bits per heavy atom. The van der Waals surface area contributed by atoms with Crippen LogP contribution in [-0.2, 0) is 11.2 Å². The van der Waals surface area contributed by atoms with E-state index < -0.39 is 0 Å². The second-order valence-electron chi connectivity index (χ2n) is 6.34. The predicted molar refractivity (Wildman–Crippen MR) is 103 cm³/mol. The molecular weight excluding hydrogens is 366 g/mol. The maximum absolute atomic E-state index is 12.0. The summed E-state index contributed by atoms with van der Waals surface area (Å²) in [4.78, 5) is 16.4. The van der Waals surface area contributed by atoms with Gasteiger partial charge in [-0.15, -0.1) is 0 Å². The molecule has 0 saturated heterocycles. The lowest BCUT2D eigenvalue weighted by atomic mass is 10.1. The lowest BCUT2D eigenvalue weighted by Gasteiger charge is -2.09. The molecule has 1 amide bonds. The number of anilines is 1. The number of carbonyl (C=O) groups excluding carboxylic acids is 1. The Balaban J connectivity index is 1.52. The third-order valence-corrected chi connectivity index (χ3v) is 4.09. The molecule has 27 heavy (non-hydrogen) atoms. The number of hydrogen-bond acceptors (Lipinski definition) is 5. The highest BCUT2D eigenvalue weighted by atomic mass is 35.5. The molecule has 0 unspecified atom stereocenters. The Morgan fingerprint density at radius 3 is 2.59 bits per heavy atom. The molecule has 3 aromatic rings. The van der Waals surface area contributed by atoms with Crippen molar-refractivity contribution in [3.63, 3.8) is 0 Å². The van der Waals surface area contributed by atoms with Crippen molar-refractivity contribution < 1.29 is 14.1 Å². The molecule has 6 nitrogen and oxygen atoms in total. The monoisotopic (exact) mass is 385 g/mol.